The van der Waals surface area contributed by atoms with E-state index < -0.39 is 0 Å². The molecule has 25 heavy (non-hydrogen) atoms. The zero-order valence-electron chi connectivity index (χ0n) is 17.7. The van der Waals surface area contributed by atoms with Crippen molar-refractivity contribution < 1.29 is 4.74 Å². The van der Waals surface area contributed by atoms with Crippen molar-refractivity contribution in [2.24, 2.45) is 0 Å². The van der Waals surface area contributed by atoms with E-state index in [-0.39, 0.29) is 0 Å². The van der Waals surface area contributed by atoms with E-state index in [9.17, 15) is 0 Å². The van der Waals surface area contributed by atoms with Crippen LogP contribution < -0.4 is 0 Å². The Kier molecular flexibility index (Phi) is 16.0. The van der Waals surface area contributed by atoms with Crippen molar-refractivity contribution in [1.82, 2.24) is 0 Å². The molecule has 1 aliphatic rings. The van der Waals surface area contributed by atoms with Crippen LogP contribution in [0.5, 0.6) is 0 Å². The summed E-state index contributed by atoms with van der Waals surface area (Å²) in [6.45, 7) is 4.59. The van der Waals surface area contributed by atoms with Crippen LogP contribution in [0.4, 0.5) is 0 Å². The van der Waals surface area contributed by atoms with Crippen LogP contribution in [0.15, 0.2) is 0 Å². The molecule has 1 aliphatic heterocycles. The summed E-state index contributed by atoms with van der Waals surface area (Å²) in [5.74, 6) is 0. The minimum atomic E-state index is 0.638. The molecule has 1 nitrogen and oxygen atoms in total. The fourth-order valence-electron chi connectivity index (χ4n) is 4.00. The fourth-order valence-corrected chi connectivity index (χ4v) is 4.00. The van der Waals surface area contributed by atoms with Crippen LogP contribution in [0.1, 0.15) is 142 Å². The first-order chi connectivity index (χ1) is 12.4. The van der Waals surface area contributed by atoms with Crippen LogP contribution in [0.2, 0.25) is 0 Å². The molecule has 0 spiro atoms. The van der Waals surface area contributed by atoms with Gasteiger partial charge in [0.25, 0.3) is 0 Å². The Labute approximate surface area is 159 Å². The van der Waals surface area contributed by atoms with E-state index in [0.717, 1.165) is 0 Å². The second-order valence-electron chi connectivity index (χ2n) is 8.45. The summed E-state index contributed by atoms with van der Waals surface area (Å²) >= 11 is 0. The molecule has 1 heterocycles. The molecule has 0 aromatic carbocycles. The number of unbranched alkanes of at least 4 members (excludes halogenated alkanes) is 16. The number of hydrogen-bond acceptors (Lipinski definition) is 1. The van der Waals surface area contributed by atoms with Crippen LogP contribution in [-0.4, -0.2) is 12.2 Å². The van der Waals surface area contributed by atoms with Gasteiger partial charge in [-0.1, -0.05) is 129 Å². The van der Waals surface area contributed by atoms with E-state index in [1.807, 2.05) is 0 Å². The Hall–Kier alpha value is -0.0400. The lowest BCUT2D eigenvalue weighted by atomic mass is 10.0. The van der Waals surface area contributed by atoms with Crippen LogP contribution in [0, 0.1) is 0 Å². The topological polar surface area (TPSA) is 12.5 Å². The van der Waals surface area contributed by atoms with Crippen molar-refractivity contribution in [3.63, 3.8) is 0 Å². The lowest BCUT2D eigenvalue weighted by molar-refractivity contribution is 0.347. The van der Waals surface area contributed by atoms with Gasteiger partial charge in [0, 0.05) is 0 Å². The summed E-state index contributed by atoms with van der Waals surface area (Å²) in [4.78, 5) is 0. The van der Waals surface area contributed by atoms with E-state index in [2.05, 4.69) is 13.8 Å². The maximum atomic E-state index is 5.85. The van der Waals surface area contributed by atoms with Gasteiger partial charge in [-0.2, -0.15) is 0 Å². The molecule has 1 rings (SSSR count). The Bertz CT molecular complexity index is 263. The molecule has 0 aliphatic carbocycles. The van der Waals surface area contributed by atoms with Gasteiger partial charge in [-0.05, 0) is 12.8 Å². The summed E-state index contributed by atoms with van der Waals surface area (Å²) in [5.41, 5.74) is 0. The van der Waals surface area contributed by atoms with Gasteiger partial charge in [0.2, 0.25) is 0 Å². The van der Waals surface area contributed by atoms with Gasteiger partial charge >= 0.3 is 0 Å². The summed E-state index contributed by atoms with van der Waals surface area (Å²) in [6, 6.07) is 0. The summed E-state index contributed by atoms with van der Waals surface area (Å²) in [5, 5.41) is 0. The van der Waals surface area contributed by atoms with Crippen LogP contribution in [0.3, 0.4) is 0 Å². The van der Waals surface area contributed by atoms with Gasteiger partial charge in [0.05, 0.1) is 12.2 Å². The first-order valence-electron chi connectivity index (χ1n) is 12.0. The van der Waals surface area contributed by atoms with E-state index in [0.29, 0.717) is 12.2 Å². The van der Waals surface area contributed by atoms with Crippen LogP contribution in [-0.2, 0) is 4.74 Å². The van der Waals surface area contributed by atoms with Crippen molar-refractivity contribution >= 4 is 0 Å². The SMILES string of the molecule is CCCCCCCCCCCCCC1OC1CCCCCCCCC. The molecule has 0 aromatic rings. The summed E-state index contributed by atoms with van der Waals surface area (Å²) < 4.78 is 5.85. The Morgan fingerprint density at radius 3 is 1.00 bits per heavy atom. The van der Waals surface area contributed by atoms with Gasteiger partial charge in [-0.3, -0.25) is 0 Å². The Morgan fingerprint density at radius 2 is 0.680 bits per heavy atom. The zero-order valence-corrected chi connectivity index (χ0v) is 17.7. The third kappa shape index (κ3) is 14.8. The van der Waals surface area contributed by atoms with Gasteiger partial charge in [0.1, 0.15) is 0 Å². The minimum absolute atomic E-state index is 0.638. The van der Waals surface area contributed by atoms with E-state index in [4.69, 9.17) is 4.74 Å². The quantitative estimate of drug-likeness (QED) is 0.158. The average molecular weight is 353 g/mol. The largest absolute Gasteiger partial charge is 0.370 e. The third-order valence-electron chi connectivity index (χ3n) is 5.87. The number of epoxide rings is 1. The molecule has 1 heteroatoms. The summed E-state index contributed by atoms with van der Waals surface area (Å²) in [7, 11) is 0. The molecule has 150 valence electrons. The maximum Gasteiger partial charge on any atom is 0.0841 e. The number of rotatable bonds is 20. The molecule has 0 amide bonds. The normalized spacial score (nSPS) is 19.4. The van der Waals surface area contributed by atoms with Crippen molar-refractivity contribution in [3.05, 3.63) is 0 Å². The number of ether oxygens (including phenoxy) is 1. The van der Waals surface area contributed by atoms with Crippen LogP contribution in [0.25, 0.3) is 0 Å². The maximum absolute atomic E-state index is 5.85. The van der Waals surface area contributed by atoms with E-state index in [1.54, 1.807) is 0 Å². The van der Waals surface area contributed by atoms with Crippen molar-refractivity contribution in [3.8, 4) is 0 Å². The average Bonchev–Trinajstić information content (AvgIpc) is 3.37. The molecular weight excluding hydrogens is 304 g/mol. The predicted octanol–water partition coefficient (Wildman–Crippen LogP) is 8.60. The first kappa shape index (κ1) is 23.0. The third-order valence-corrected chi connectivity index (χ3v) is 5.87. The van der Waals surface area contributed by atoms with Gasteiger partial charge in [0.15, 0.2) is 0 Å². The van der Waals surface area contributed by atoms with Crippen molar-refractivity contribution in [2.75, 3.05) is 0 Å². The van der Waals surface area contributed by atoms with E-state index in [1.165, 1.54) is 128 Å². The second-order valence-corrected chi connectivity index (χ2v) is 8.45. The molecule has 0 N–H and O–H groups in total. The standard InChI is InChI=1S/C24H48O/c1-3-5-7-9-11-12-13-14-16-18-20-22-24-23(25-24)21-19-17-15-10-8-6-4-2/h23-24H,3-22H2,1-2H3. The highest BCUT2D eigenvalue weighted by Gasteiger charge is 2.36. The van der Waals surface area contributed by atoms with Gasteiger partial charge in [-0.15, -0.1) is 0 Å². The second kappa shape index (κ2) is 17.4. The van der Waals surface area contributed by atoms with Crippen molar-refractivity contribution in [1.29, 1.82) is 0 Å². The minimum Gasteiger partial charge on any atom is -0.370 e. The molecule has 0 radical (unpaired) electrons. The Morgan fingerprint density at radius 1 is 0.400 bits per heavy atom. The van der Waals surface area contributed by atoms with E-state index >= 15 is 0 Å². The van der Waals surface area contributed by atoms with Gasteiger partial charge < -0.3 is 4.74 Å². The van der Waals surface area contributed by atoms with Crippen LogP contribution >= 0.6 is 0 Å². The molecule has 0 saturated carbocycles. The molecular formula is C24H48O. The highest BCUT2D eigenvalue weighted by atomic mass is 16.6. The summed E-state index contributed by atoms with van der Waals surface area (Å²) in [6.07, 6.45) is 29.7. The Balaban J connectivity index is 1.71. The monoisotopic (exact) mass is 352 g/mol. The molecule has 2 atom stereocenters. The smallest absolute Gasteiger partial charge is 0.0841 e. The molecule has 2 unspecified atom stereocenters. The fraction of sp³-hybridized carbons (Fsp3) is 1.00. The highest BCUT2D eigenvalue weighted by molar-refractivity contribution is 4.84. The number of hydrogen-bond donors (Lipinski definition) is 0. The molecule has 0 aromatic heterocycles. The molecule has 0 bridgehead atoms. The highest BCUT2D eigenvalue weighted by Crippen LogP contribution is 2.31. The lowest BCUT2D eigenvalue weighted by Gasteiger charge is -2.02. The zero-order chi connectivity index (χ0) is 18.0. The van der Waals surface area contributed by atoms with Crippen molar-refractivity contribution in [2.45, 2.75) is 154 Å². The lowest BCUT2D eigenvalue weighted by Crippen LogP contribution is -1.94. The molecule has 1 fully saturated rings. The first-order valence-corrected chi connectivity index (χ1v) is 12.0. The predicted molar refractivity (Wildman–Crippen MR) is 112 cm³/mol. The van der Waals surface area contributed by atoms with Gasteiger partial charge in [-0.25, -0.2) is 0 Å². The molecule has 1 saturated heterocycles.